The molecule has 1 aromatic heterocycles. The van der Waals surface area contributed by atoms with Gasteiger partial charge in [-0.3, -0.25) is 9.69 Å². The predicted octanol–water partition coefficient (Wildman–Crippen LogP) is 2.42. The van der Waals surface area contributed by atoms with Crippen LogP contribution in [0.15, 0.2) is 11.4 Å². The Bertz CT molecular complexity index is 459. The van der Waals surface area contributed by atoms with E-state index < -0.39 is 0 Å². The molecule has 0 bridgehead atoms. The molecule has 1 aliphatic rings. The summed E-state index contributed by atoms with van der Waals surface area (Å²) in [6.45, 7) is 10.4. The summed E-state index contributed by atoms with van der Waals surface area (Å²) in [5, 5.41) is 5.12. The lowest BCUT2D eigenvalue weighted by Gasteiger charge is -2.33. The normalized spacial score (nSPS) is 19.9. The van der Waals surface area contributed by atoms with Gasteiger partial charge in [0, 0.05) is 37.0 Å². The van der Waals surface area contributed by atoms with Crippen LogP contribution < -0.4 is 5.32 Å². The second-order valence-electron chi connectivity index (χ2n) is 5.99. The number of hydrogen-bond donors (Lipinski definition) is 1. The quantitative estimate of drug-likeness (QED) is 0.877. The lowest BCUT2D eigenvalue weighted by atomic mass is 10.1. The first-order valence-electron chi connectivity index (χ1n) is 7.71. The third kappa shape index (κ3) is 5.09. The van der Waals surface area contributed by atoms with Crippen LogP contribution in [0, 0.1) is 12.8 Å². The van der Waals surface area contributed by atoms with E-state index in [9.17, 15) is 4.79 Å². The summed E-state index contributed by atoms with van der Waals surface area (Å²) in [7, 11) is 0. The van der Waals surface area contributed by atoms with Gasteiger partial charge in [0.25, 0.3) is 0 Å². The monoisotopic (exact) mass is 310 g/mol. The molecule has 1 saturated heterocycles. The average Bonchev–Trinajstić information content (AvgIpc) is 2.84. The Morgan fingerprint density at radius 1 is 1.57 bits per heavy atom. The molecule has 0 spiro atoms. The second kappa shape index (κ2) is 7.92. The van der Waals surface area contributed by atoms with Crippen molar-refractivity contribution in [3.05, 3.63) is 21.9 Å². The zero-order valence-corrected chi connectivity index (χ0v) is 14.0. The van der Waals surface area contributed by atoms with E-state index in [4.69, 9.17) is 4.74 Å². The third-order valence-electron chi connectivity index (χ3n) is 3.85. The molecule has 1 atom stereocenters. The Morgan fingerprint density at radius 3 is 3.05 bits per heavy atom. The van der Waals surface area contributed by atoms with E-state index in [2.05, 4.69) is 28.6 Å². The molecule has 2 heterocycles. The maximum Gasteiger partial charge on any atom is 0.222 e. The third-order valence-corrected chi connectivity index (χ3v) is 4.86. The van der Waals surface area contributed by atoms with E-state index in [1.165, 1.54) is 10.4 Å². The van der Waals surface area contributed by atoms with Gasteiger partial charge < -0.3 is 10.1 Å². The SMILES string of the molecule is Cc1ccsc1CN1CCO[C@H](CCNC(=O)C(C)C)C1. The predicted molar refractivity (Wildman–Crippen MR) is 86.5 cm³/mol. The van der Waals surface area contributed by atoms with E-state index in [0.29, 0.717) is 6.54 Å². The van der Waals surface area contributed by atoms with Crippen LogP contribution in [0.25, 0.3) is 0 Å². The minimum Gasteiger partial charge on any atom is -0.375 e. The van der Waals surface area contributed by atoms with Crippen LogP contribution in [0.3, 0.4) is 0 Å². The van der Waals surface area contributed by atoms with Gasteiger partial charge in [0.05, 0.1) is 12.7 Å². The number of thiophene rings is 1. The van der Waals surface area contributed by atoms with Crippen LogP contribution in [0.4, 0.5) is 0 Å². The van der Waals surface area contributed by atoms with E-state index in [-0.39, 0.29) is 17.9 Å². The molecule has 1 amide bonds. The molecule has 0 radical (unpaired) electrons. The zero-order valence-electron chi connectivity index (χ0n) is 13.2. The van der Waals surface area contributed by atoms with Gasteiger partial charge in [-0.1, -0.05) is 13.8 Å². The molecule has 0 saturated carbocycles. The zero-order chi connectivity index (χ0) is 15.2. The van der Waals surface area contributed by atoms with Crippen molar-refractivity contribution < 1.29 is 9.53 Å². The minimum absolute atomic E-state index is 0.0515. The van der Waals surface area contributed by atoms with Crippen molar-refractivity contribution in [2.24, 2.45) is 5.92 Å². The molecule has 4 nitrogen and oxygen atoms in total. The van der Waals surface area contributed by atoms with Gasteiger partial charge in [0.15, 0.2) is 0 Å². The maximum atomic E-state index is 11.5. The summed E-state index contributed by atoms with van der Waals surface area (Å²) < 4.78 is 5.81. The van der Waals surface area contributed by atoms with Gasteiger partial charge in [-0.2, -0.15) is 0 Å². The number of morpholine rings is 1. The lowest BCUT2D eigenvalue weighted by molar-refractivity contribution is -0.124. The van der Waals surface area contributed by atoms with Gasteiger partial charge in [0.2, 0.25) is 5.91 Å². The highest BCUT2D eigenvalue weighted by Gasteiger charge is 2.21. The summed E-state index contributed by atoms with van der Waals surface area (Å²) in [4.78, 5) is 15.4. The van der Waals surface area contributed by atoms with E-state index in [1.54, 1.807) is 0 Å². The fourth-order valence-corrected chi connectivity index (χ4v) is 3.38. The molecule has 2 rings (SSSR count). The molecule has 21 heavy (non-hydrogen) atoms. The van der Waals surface area contributed by atoms with Crippen molar-refractivity contribution in [3.8, 4) is 0 Å². The summed E-state index contributed by atoms with van der Waals surface area (Å²) in [6, 6.07) is 2.18. The highest BCUT2D eigenvalue weighted by Crippen LogP contribution is 2.19. The van der Waals surface area contributed by atoms with Crippen LogP contribution >= 0.6 is 11.3 Å². The smallest absolute Gasteiger partial charge is 0.222 e. The first-order chi connectivity index (χ1) is 10.1. The van der Waals surface area contributed by atoms with Crippen molar-refractivity contribution >= 4 is 17.2 Å². The molecule has 1 aromatic rings. The molecule has 0 aliphatic carbocycles. The van der Waals surface area contributed by atoms with Gasteiger partial charge in [-0.15, -0.1) is 11.3 Å². The first kappa shape index (κ1) is 16.5. The van der Waals surface area contributed by atoms with Crippen molar-refractivity contribution in [2.45, 2.75) is 39.8 Å². The fraction of sp³-hybridized carbons (Fsp3) is 0.688. The number of aryl methyl sites for hydroxylation is 1. The standard InChI is InChI=1S/C16H26N2O2S/c1-12(2)16(19)17-6-4-14-10-18(7-8-20-14)11-15-13(3)5-9-21-15/h5,9,12,14H,4,6-8,10-11H2,1-3H3,(H,17,19)/t14-/m1/s1. The number of nitrogens with zero attached hydrogens (tertiary/aromatic N) is 1. The number of carbonyl (C=O) groups is 1. The second-order valence-corrected chi connectivity index (χ2v) is 6.99. The number of amides is 1. The van der Waals surface area contributed by atoms with Gasteiger partial charge >= 0.3 is 0 Å². The molecule has 5 heteroatoms. The number of carbonyl (C=O) groups excluding carboxylic acids is 1. The topological polar surface area (TPSA) is 41.6 Å². The van der Waals surface area contributed by atoms with Crippen molar-refractivity contribution in [1.29, 1.82) is 0 Å². The van der Waals surface area contributed by atoms with Crippen molar-refractivity contribution in [1.82, 2.24) is 10.2 Å². The molecule has 118 valence electrons. The van der Waals surface area contributed by atoms with Crippen molar-refractivity contribution in [2.75, 3.05) is 26.2 Å². The van der Waals surface area contributed by atoms with Gasteiger partial charge in [-0.25, -0.2) is 0 Å². The van der Waals surface area contributed by atoms with Crippen LogP contribution in [0.2, 0.25) is 0 Å². The van der Waals surface area contributed by atoms with E-state index >= 15 is 0 Å². The van der Waals surface area contributed by atoms with Crippen LogP contribution in [0.5, 0.6) is 0 Å². The maximum absolute atomic E-state index is 11.5. The number of ether oxygens (including phenoxy) is 1. The fourth-order valence-electron chi connectivity index (χ4n) is 2.43. The van der Waals surface area contributed by atoms with E-state index in [1.807, 2.05) is 25.2 Å². The van der Waals surface area contributed by atoms with Crippen LogP contribution in [-0.2, 0) is 16.1 Å². The van der Waals surface area contributed by atoms with Crippen molar-refractivity contribution in [3.63, 3.8) is 0 Å². The average molecular weight is 310 g/mol. The molecular weight excluding hydrogens is 284 g/mol. The Morgan fingerprint density at radius 2 is 2.38 bits per heavy atom. The minimum atomic E-state index is 0.0515. The largest absolute Gasteiger partial charge is 0.375 e. The summed E-state index contributed by atoms with van der Waals surface area (Å²) in [5.41, 5.74) is 1.38. The molecule has 1 fully saturated rings. The van der Waals surface area contributed by atoms with Crippen LogP contribution in [0.1, 0.15) is 30.7 Å². The molecular formula is C16H26N2O2S. The highest BCUT2D eigenvalue weighted by molar-refractivity contribution is 7.10. The Balaban J connectivity index is 1.73. The van der Waals surface area contributed by atoms with Gasteiger partial charge in [-0.05, 0) is 30.4 Å². The summed E-state index contributed by atoms with van der Waals surface area (Å²) in [5.74, 6) is 0.174. The first-order valence-corrected chi connectivity index (χ1v) is 8.59. The van der Waals surface area contributed by atoms with Gasteiger partial charge in [0.1, 0.15) is 0 Å². The summed E-state index contributed by atoms with van der Waals surface area (Å²) >= 11 is 1.83. The molecule has 1 N–H and O–H groups in total. The molecule has 0 unspecified atom stereocenters. The summed E-state index contributed by atoms with van der Waals surface area (Å²) in [6.07, 6.45) is 1.12. The molecule has 1 aliphatic heterocycles. The Kier molecular flexibility index (Phi) is 6.21. The Labute approximate surface area is 131 Å². The molecule has 0 aromatic carbocycles. The van der Waals surface area contributed by atoms with Crippen LogP contribution in [-0.4, -0.2) is 43.2 Å². The number of nitrogens with one attached hydrogen (secondary N) is 1. The highest BCUT2D eigenvalue weighted by atomic mass is 32.1. The van der Waals surface area contributed by atoms with E-state index in [0.717, 1.165) is 32.7 Å². The number of hydrogen-bond acceptors (Lipinski definition) is 4. The number of rotatable bonds is 6. The lowest BCUT2D eigenvalue weighted by Crippen LogP contribution is -2.43. The Hall–Kier alpha value is -0.910.